The van der Waals surface area contributed by atoms with Gasteiger partial charge in [0.25, 0.3) is 5.91 Å². The van der Waals surface area contributed by atoms with Crippen LogP contribution in [0.25, 0.3) is 33.3 Å². The lowest BCUT2D eigenvalue weighted by Crippen LogP contribution is -2.42. The van der Waals surface area contributed by atoms with Crippen molar-refractivity contribution in [2.75, 3.05) is 6.61 Å². The van der Waals surface area contributed by atoms with Crippen LogP contribution >= 0.6 is 0 Å². The molecule has 1 aliphatic rings. The number of carboxylic acids is 2. The molecule has 0 spiro atoms. The summed E-state index contributed by atoms with van der Waals surface area (Å²) in [5.74, 6) is -1.65. The third-order valence-electron chi connectivity index (χ3n) is 8.13. The average Bonchev–Trinajstić information content (AvgIpc) is 3.74. The first-order valence-corrected chi connectivity index (χ1v) is 14.3. The Morgan fingerprint density at radius 3 is 2.67 bits per heavy atom. The van der Waals surface area contributed by atoms with Crippen LogP contribution in [-0.2, 0) is 16.0 Å². The Kier molecular flexibility index (Phi) is 7.62. The number of aromatic nitrogens is 3. The molecule has 6 rings (SSSR count). The second-order valence-corrected chi connectivity index (χ2v) is 11.0. The Morgan fingerprint density at radius 1 is 1.14 bits per heavy atom. The number of carbonyl (C=O) groups excluding carboxylic acids is 1. The third kappa shape index (κ3) is 5.70. The summed E-state index contributed by atoms with van der Waals surface area (Å²) in [4.78, 5) is 44.7. The molecular weight excluding hydrogens is 552 g/mol. The Balaban J connectivity index is 1.28. The summed E-state index contributed by atoms with van der Waals surface area (Å²) in [6.07, 6.45) is 10.6. The first-order chi connectivity index (χ1) is 20.8. The van der Waals surface area contributed by atoms with E-state index in [4.69, 9.17) is 19.2 Å². The molecule has 5 aromatic rings. The standard InChI is InChI=1S/C32H32N4O7/c1-18-11-28-26(34-30(19-9-10-42-16-19)36(28)21-5-3-2-4-6-21)14-23(18)31(39)35-27(32(40)41)12-20-15-33-25-8-7-22(13-24(20)25)43-17-29(37)38/h7-11,13-16,21,27,33H,2-6,12,17H2,1H3,(H,35,39)(H,37,38)(H,40,41). The van der Waals surface area contributed by atoms with E-state index < -0.39 is 30.5 Å². The largest absolute Gasteiger partial charge is 0.482 e. The van der Waals surface area contributed by atoms with E-state index in [1.807, 2.05) is 19.1 Å². The number of benzene rings is 2. The molecule has 1 atom stereocenters. The highest BCUT2D eigenvalue weighted by atomic mass is 16.5. The molecule has 4 N–H and O–H groups in total. The van der Waals surface area contributed by atoms with Crippen molar-refractivity contribution in [1.29, 1.82) is 0 Å². The summed E-state index contributed by atoms with van der Waals surface area (Å²) < 4.78 is 12.9. The molecule has 3 aromatic heterocycles. The monoisotopic (exact) mass is 584 g/mol. The minimum absolute atomic E-state index is 0.00565. The number of fused-ring (bicyclic) bond motifs is 2. The molecule has 0 bridgehead atoms. The SMILES string of the molecule is Cc1cc2c(cc1C(=O)NC(Cc1c[nH]c3ccc(OCC(=O)O)cc13)C(=O)O)nc(-c1ccoc1)n2C1CCCCC1. The van der Waals surface area contributed by atoms with Crippen LogP contribution < -0.4 is 10.1 Å². The van der Waals surface area contributed by atoms with Gasteiger partial charge in [-0.3, -0.25) is 4.79 Å². The number of nitrogens with one attached hydrogen (secondary N) is 2. The number of aliphatic carboxylic acids is 2. The second-order valence-electron chi connectivity index (χ2n) is 11.0. The highest BCUT2D eigenvalue weighted by molar-refractivity contribution is 6.01. The summed E-state index contributed by atoms with van der Waals surface area (Å²) in [5, 5.41) is 22.3. The molecule has 11 heteroatoms. The predicted molar refractivity (Wildman–Crippen MR) is 158 cm³/mol. The van der Waals surface area contributed by atoms with E-state index in [1.54, 1.807) is 43.0 Å². The number of aromatic amines is 1. The van der Waals surface area contributed by atoms with Crippen LogP contribution in [0.15, 0.2) is 59.5 Å². The van der Waals surface area contributed by atoms with Crippen molar-refractivity contribution in [3.8, 4) is 17.1 Å². The van der Waals surface area contributed by atoms with Gasteiger partial charge >= 0.3 is 11.9 Å². The molecule has 3 heterocycles. The number of hydrogen-bond acceptors (Lipinski definition) is 6. The van der Waals surface area contributed by atoms with E-state index in [0.717, 1.165) is 53.7 Å². The number of furan rings is 1. The Morgan fingerprint density at radius 2 is 1.95 bits per heavy atom. The van der Waals surface area contributed by atoms with Crippen LogP contribution in [0, 0.1) is 6.92 Å². The number of imidazole rings is 1. The minimum atomic E-state index is -1.22. The normalized spacial score (nSPS) is 14.6. The lowest BCUT2D eigenvalue weighted by Gasteiger charge is -2.25. The van der Waals surface area contributed by atoms with Gasteiger partial charge in [0, 0.05) is 35.1 Å². The van der Waals surface area contributed by atoms with Crippen molar-refractivity contribution in [3.63, 3.8) is 0 Å². The molecule has 1 saturated carbocycles. The molecule has 222 valence electrons. The van der Waals surface area contributed by atoms with Crippen LogP contribution in [0.5, 0.6) is 5.75 Å². The van der Waals surface area contributed by atoms with Crippen LogP contribution in [0.4, 0.5) is 0 Å². The Bertz CT molecular complexity index is 1810. The first kappa shape index (κ1) is 28.1. The topological polar surface area (TPSA) is 160 Å². The fraction of sp³-hybridized carbons (Fsp3) is 0.312. The fourth-order valence-electron chi connectivity index (χ4n) is 6.01. The van der Waals surface area contributed by atoms with Gasteiger partial charge in [0.1, 0.15) is 23.9 Å². The van der Waals surface area contributed by atoms with Crippen molar-refractivity contribution in [2.24, 2.45) is 0 Å². The van der Waals surface area contributed by atoms with Crippen molar-refractivity contribution >= 4 is 39.8 Å². The molecule has 1 fully saturated rings. The number of carboxylic acid groups (broad SMARTS) is 2. The maximum Gasteiger partial charge on any atom is 0.341 e. The molecule has 0 saturated heterocycles. The van der Waals surface area contributed by atoms with Crippen LogP contribution in [0.1, 0.15) is 59.6 Å². The maximum absolute atomic E-state index is 13.5. The average molecular weight is 585 g/mol. The molecule has 1 aliphatic carbocycles. The summed E-state index contributed by atoms with van der Waals surface area (Å²) in [6, 6.07) is 9.68. The highest BCUT2D eigenvalue weighted by Gasteiger charge is 2.27. The Labute approximate surface area is 246 Å². The number of amides is 1. The van der Waals surface area contributed by atoms with Crippen molar-refractivity contribution in [1.82, 2.24) is 19.9 Å². The number of H-pyrrole nitrogens is 1. The highest BCUT2D eigenvalue weighted by Crippen LogP contribution is 2.37. The fourth-order valence-corrected chi connectivity index (χ4v) is 6.01. The van der Waals surface area contributed by atoms with E-state index in [9.17, 15) is 19.5 Å². The molecular formula is C32H32N4O7. The lowest BCUT2D eigenvalue weighted by molar-refractivity contribution is -0.140. The molecule has 11 nitrogen and oxygen atoms in total. The summed E-state index contributed by atoms with van der Waals surface area (Å²) >= 11 is 0. The smallest absolute Gasteiger partial charge is 0.341 e. The van der Waals surface area contributed by atoms with Crippen LogP contribution in [0.3, 0.4) is 0 Å². The quantitative estimate of drug-likeness (QED) is 0.168. The van der Waals surface area contributed by atoms with E-state index in [-0.39, 0.29) is 6.42 Å². The lowest BCUT2D eigenvalue weighted by atomic mass is 9.94. The second kappa shape index (κ2) is 11.7. The maximum atomic E-state index is 13.5. The number of rotatable bonds is 10. The van der Waals surface area contributed by atoms with E-state index in [1.165, 1.54) is 6.42 Å². The molecule has 2 aromatic carbocycles. The number of nitrogens with zero attached hydrogens (tertiary/aromatic N) is 2. The van der Waals surface area contributed by atoms with Gasteiger partial charge in [-0.05, 0) is 67.3 Å². The van der Waals surface area contributed by atoms with Crippen LogP contribution in [-0.4, -0.2) is 55.2 Å². The van der Waals surface area contributed by atoms with Gasteiger partial charge < -0.3 is 34.2 Å². The zero-order valence-electron chi connectivity index (χ0n) is 23.6. The molecule has 0 aliphatic heterocycles. The zero-order valence-corrected chi connectivity index (χ0v) is 23.6. The minimum Gasteiger partial charge on any atom is -0.482 e. The van der Waals surface area contributed by atoms with Crippen molar-refractivity contribution in [2.45, 2.75) is 57.5 Å². The van der Waals surface area contributed by atoms with Crippen molar-refractivity contribution in [3.05, 3.63) is 71.8 Å². The number of ether oxygens (including phenoxy) is 1. The number of hydrogen-bond donors (Lipinski definition) is 4. The first-order valence-electron chi connectivity index (χ1n) is 14.3. The van der Waals surface area contributed by atoms with Gasteiger partial charge in [0.05, 0.1) is 22.9 Å². The van der Waals surface area contributed by atoms with E-state index in [0.29, 0.717) is 33.8 Å². The molecule has 1 amide bonds. The molecule has 0 radical (unpaired) electrons. The van der Waals surface area contributed by atoms with Gasteiger partial charge in [0.2, 0.25) is 0 Å². The van der Waals surface area contributed by atoms with Gasteiger partial charge in [-0.25, -0.2) is 14.6 Å². The van der Waals surface area contributed by atoms with E-state index >= 15 is 0 Å². The van der Waals surface area contributed by atoms with Crippen molar-refractivity contribution < 1.29 is 33.8 Å². The van der Waals surface area contributed by atoms with Gasteiger partial charge in [0.15, 0.2) is 6.61 Å². The van der Waals surface area contributed by atoms with Gasteiger partial charge in [-0.1, -0.05) is 19.3 Å². The molecule has 1 unspecified atom stereocenters. The van der Waals surface area contributed by atoms with Gasteiger partial charge in [-0.15, -0.1) is 0 Å². The van der Waals surface area contributed by atoms with Crippen LogP contribution in [0.2, 0.25) is 0 Å². The van der Waals surface area contributed by atoms with Gasteiger partial charge in [-0.2, -0.15) is 0 Å². The number of carbonyl (C=O) groups is 3. The summed E-state index contributed by atoms with van der Waals surface area (Å²) in [7, 11) is 0. The predicted octanol–water partition coefficient (Wildman–Crippen LogP) is 5.48. The van der Waals surface area contributed by atoms with E-state index in [2.05, 4.69) is 14.9 Å². The summed E-state index contributed by atoms with van der Waals surface area (Å²) in [5.41, 5.74) is 4.92. The third-order valence-corrected chi connectivity index (χ3v) is 8.13. The summed E-state index contributed by atoms with van der Waals surface area (Å²) in [6.45, 7) is 1.35. The molecule has 43 heavy (non-hydrogen) atoms. The zero-order chi connectivity index (χ0) is 30.1. The number of aryl methyl sites for hydroxylation is 1. The Hall–Kier alpha value is -5.06.